The Morgan fingerprint density at radius 1 is 1.12 bits per heavy atom. The number of esters is 1. The van der Waals surface area contributed by atoms with Crippen molar-refractivity contribution in [1.29, 1.82) is 0 Å². The van der Waals surface area contributed by atoms with Gasteiger partial charge in [-0.25, -0.2) is 4.79 Å². The van der Waals surface area contributed by atoms with Gasteiger partial charge >= 0.3 is 5.97 Å². The van der Waals surface area contributed by atoms with Gasteiger partial charge in [0.2, 0.25) is 0 Å². The third kappa shape index (κ3) is 4.14. The first kappa shape index (κ1) is 18.2. The molecule has 2 heterocycles. The van der Waals surface area contributed by atoms with Crippen LogP contribution in [-0.2, 0) is 20.7 Å². The molecule has 0 bridgehead atoms. The number of methoxy groups -OCH3 is 2. The fourth-order valence-electron chi connectivity index (χ4n) is 3.01. The molecule has 0 spiro atoms. The number of allylic oxidation sites excluding steroid dienone is 3. The van der Waals surface area contributed by atoms with Crippen molar-refractivity contribution in [3.63, 3.8) is 0 Å². The molecule has 1 aromatic rings. The minimum Gasteiger partial charge on any atom is -0.497 e. The summed E-state index contributed by atoms with van der Waals surface area (Å²) in [6.45, 7) is 1.83. The largest absolute Gasteiger partial charge is 0.497 e. The van der Waals surface area contributed by atoms with Gasteiger partial charge < -0.3 is 18.9 Å². The summed E-state index contributed by atoms with van der Waals surface area (Å²) in [4.78, 5) is 25.1. The number of benzene rings is 1. The van der Waals surface area contributed by atoms with E-state index in [4.69, 9.17) is 18.9 Å². The third-order valence-corrected chi connectivity index (χ3v) is 4.37. The molecule has 6 heteroatoms. The predicted octanol–water partition coefficient (Wildman–Crippen LogP) is 2.64. The lowest BCUT2D eigenvalue weighted by Crippen LogP contribution is -2.20. The maximum absolute atomic E-state index is 12.8. The van der Waals surface area contributed by atoms with E-state index in [9.17, 15) is 9.59 Å². The number of rotatable bonds is 2. The Morgan fingerprint density at radius 2 is 1.92 bits per heavy atom. The van der Waals surface area contributed by atoms with Crippen molar-refractivity contribution in [3.05, 3.63) is 47.6 Å². The van der Waals surface area contributed by atoms with Gasteiger partial charge in [0.15, 0.2) is 5.78 Å². The van der Waals surface area contributed by atoms with Crippen molar-refractivity contribution in [2.24, 2.45) is 0 Å². The second kappa shape index (κ2) is 7.74. The van der Waals surface area contributed by atoms with E-state index in [0.717, 1.165) is 0 Å². The standard InChI is InChI=1S/C20H22O6/c1-12-8-17-16(26-17)7-5-4-6-14(21)9-13-10-15(23-2)11-18(24-3)19(13)20(22)25-12/h4-7,10-12,16-17H,8-9H2,1-3H3/b6-4+,7-5+/t12-,16+,17+/m1/s1. The summed E-state index contributed by atoms with van der Waals surface area (Å²) in [6, 6.07) is 3.27. The lowest BCUT2D eigenvalue weighted by Gasteiger charge is -2.17. The van der Waals surface area contributed by atoms with E-state index in [1.807, 2.05) is 13.0 Å². The zero-order valence-corrected chi connectivity index (χ0v) is 15.1. The number of cyclic esters (lactones) is 1. The molecule has 0 aromatic heterocycles. The van der Waals surface area contributed by atoms with Crippen LogP contribution in [0.3, 0.4) is 0 Å². The van der Waals surface area contributed by atoms with E-state index >= 15 is 0 Å². The smallest absolute Gasteiger partial charge is 0.342 e. The molecule has 138 valence electrons. The Kier molecular flexibility index (Phi) is 5.42. The van der Waals surface area contributed by atoms with Crippen LogP contribution >= 0.6 is 0 Å². The van der Waals surface area contributed by atoms with Crippen LogP contribution in [0.4, 0.5) is 0 Å². The Labute approximate surface area is 152 Å². The molecule has 0 unspecified atom stereocenters. The molecule has 0 aliphatic carbocycles. The molecule has 0 amide bonds. The van der Waals surface area contributed by atoms with Crippen molar-refractivity contribution < 1.29 is 28.5 Å². The molecule has 1 fully saturated rings. The molecule has 3 rings (SSSR count). The molecule has 0 saturated carbocycles. The van der Waals surface area contributed by atoms with Crippen LogP contribution in [0.1, 0.15) is 29.3 Å². The van der Waals surface area contributed by atoms with Gasteiger partial charge in [-0.1, -0.05) is 18.2 Å². The first-order valence-electron chi connectivity index (χ1n) is 8.51. The highest BCUT2D eigenvalue weighted by atomic mass is 16.6. The lowest BCUT2D eigenvalue weighted by molar-refractivity contribution is -0.114. The van der Waals surface area contributed by atoms with Gasteiger partial charge in [-0.05, 0) is 24.6 Å². The summed E-state index contributed by atoms with van der Waals surface area (Å²) >= 11 is 0. The van der Waals surface area contributed by atoms with E-state index < -0.39 is 5.97 Å². The number of hydrogen-bond donors (Lipinski definition) is 0. The number of ketones is 1. The summed E-state index contributed by atoms with van der Waals surface area (Å²) in [5.74, 6) is 0.167. The normalized spacial score (nSPS) is 28.0. The van der Waals surface area contributed by atoms with Crippen LogP contribution in [0.2, 0.25) is 0 Å². The number of epoxide rings is 1. The van der Waals surface area contributed by atoms with Gasteiger partial charge in [-0.2, -0.15) is 0 Å². The van der Waals surface area contributed by atoms with E-state index in [1.54, 1.807) is 24.3 Å². The van der Waals surface area contributed by atoms with Gasteiger partial charge in [0.25, 0.3) is 0 Å². The van der Waals surface area contributed by atoms with Crippen molar-refractivity contribution in [3.8, 4) is 11.5 Å². The van der Waals surface area contributed by atoms with E-state index in [2.05, 4.69) is 0 Å². The zero-order valence-electron chi connectivity index (χ0n) is 15.1. The van der Waals surface area contributed by atoms with Gasteiger partial charge in [-0.15, -0.1) is 0 Å². The van der Waals surface area contributed by atoms with Crippen molar-refractivity contribution in [2.45, 2.75) is 38.1 Å². The second-order valence-corrected chi connectivity index (χ2v) is 6.34. The Morgan fingerprint density at radius 3 is 2.65 bits per heavy atom. The number of fused-ring (bicyclic) bond motifs is 2. The maximum Gasteiger partial charge on any atom is 0.342 e. The highest BCUT2D eigenvalue weighted by Crippen LogP contribution is 2.32. The maximum atomic E-state index is 12.8. The Hall–Kier alpha value is -2.60. The van der Waals surface area contributed by atoms with Crippen LogP contribution in [0.15, 0.2) is 36.4 Å². The van der Waals surface area contributed by atoms with Crippen molar-refractivity contribution in [1.82, 2.24) is 0 Å². The van der Waals surface area contributed by atoms with Crippen molar-refractivity contribution >= 4 is 11.8 Å². The van der Waals surface area contributed by atoms with Crippen LogP contribution in [0, 0.1) is 0 Å². The highest BCUT2D eigenvalue weighted by Gasteiger charge is 2.38. The number of carbonyl (C=O) groups is 2. The average molecular weight is 358 g/mol. The molecule has 1 aromatic carbocycles. The molecular formula is C20H22O6. The summed E-state index contributed by atoms with van der Waals surface area (Å²) in [5.41, 5.74) is 0.761. The van der Waals surface area contributed by atoms with Gasteiger partial charge in [0.1, 0.15) is 29.3 Å². The predicted molar refractivity (Wildman–Crippen MR) is 94.7 cm³/mol. The SMILES string of the molecule is COc1cc2c(c(OC)c1)C(=O)O[C@H](C)C[C@@H]1O[C@H]1/C=C/C=C/C(=O)C2. The molecule has 26 heavy (non-hydrogen) atoms. The van der Waals surface area contributed by atoms with Crippen LogP contribution in [0.5, 0.6) is 11.5 Å². The highest BCUT2D eigenvalue weighted by molar-refractivity contribution is 5.98. The lowest BCUT2D eigenvalue weighted by atomic mass is 10.00. The molecule has 2 aliphatic rings. The average Bonchev–Trinajstić information content (AvgIpc) is 3.34. The van der Waals surface area contributed by atoms with Gasteiger partial charge in [0.05, 0.1) is 20.3 Å². The third-order valence-electron chi connectivity index (χ3n) is 4.37. The fourth-order valence-corrected chi connectivity index (χ4v) is 3.01. The van der Waals surface area contributed by atoms with E-state index in [0.29, 0.717) is 23.5 Å². The number of ether oxygens (including phenoxy) is 4. The first-order valence-corrected chi connectivity index (χ1v) is 8.51. The van der Waals surface area contributed by atoms with E-state index in [1.165, 1.54) is 20.3 Å². The molecule has 2 aliphatic heterocycles. The monoisotopic (exact) mass is 358 g/mol. The summed E-state index contributed by atoms with van der Waals surface area (Å²) in [6.07, 6.45) is 7.22. The Bertz CT molecular complexity index is 764. The molecule has 0 N–H and O–H groups in total. The molecule has 0 radical (unpaired) electrons. The van der Waals surface area contributed by atoms with Crippen LogP contribution in [0.25, 0.3) is 0 Å². The summed E-state index contributed by atoms with van der Waals surface area (Å²) in [7, 11) is 2.98. The number of hydrogen-bond acceptors (Lipinski definition) is 6. The van der Waals surface area contributed by atoms with E-state index in [-0.39, 0.29) is 36.1 Å². The molecule has 1 saturated heterocycles. The van der Waals surface area contributed by atoms with Crippen molar-refractivity contribution in [2.75, 3.05) is 14.2 Å². The van der Waals surface area contributed by atoms with Crippen LogP contribution < -0.4 is 9.47 Å². The quantitative estimate of drug-likeness (QED) is 0.598. The van der Waals surface area contributed by atoms with Gasteiger partial charge in [-0.3, -0.25) is 4.79 Å². The summed E-state index contributed by atoms with van der Waals surface area (Å²) in [5, 5.41) is 0. The number of carbonyl (C=O) groups excluding carboxylic acids is 2. The molecular weight excluding hydrogens is 336 g/mol. The Balaban J connectivity index is 2.00. The van der Waals surface area contributed by atoms with Crippen LogP contribution in [-0.4, -0.2) is 44.3 Å². The molecule has 3 atom stereocenters. The molecule has 6 nitrogen and oxygen atoms in total. The minimum absolute atomic E-state index is 0.00456. The zero-order chi connectivity index (χ0) is 18.7. The topological polar surface area (TPSA) is 74.4 Å². The first-order chi connectivity index (χ1) is 12.5. The second-order valence-electron chi connectivity index (χ2n) is 6.34. The fraction of sp³-hybridized carbons (Fsp3) is 0.400. The summed E-state index contributed by atoms with van der Waals surface area (Å²) < 4.78 is 21.7. The minimum atomic E-state index is -0.520. The van der Waals surface area contributed by atoms with Gasteiger partial charge in [0, 0.05) is 18.9 Å².